The second-order valence-electron chi connectivity index (χ2n) is 8.46. The lowest BCUT2D eigenvalue weighted by molar-refractivity contribution is 0.0721. The van der Waals surface area contributed by atoms with Crippen LogP contribution in [0.2, 0.25) is 0 Å². The number of aromatic nitrogens is 3. The Morgan fingerprint density at radius 1 is 0.939 bits per heavy atom. The van der Waals surface area contributed by atoms with E-state index in [2.05, 4.69) is 0 Å². The van der Waals surface area contributed by atoms with E-state index in [9.17, 15) is 9.59 Å². The molecule has 1 amide bonds. The zero-order valence-electron chi connectivity index (χ0n) is 18.8. The van der Waals surface area contributed by atoms with Gasteiger partial charge in [0, 0.05) is 25.4 Å². The number of hydrogen-bond donors (Lipinski definition) is 0. The molecule has 6 heteroatoms. The number of aryl methyl sites for hydroxylation is 2. The predicted molar refractivity (Wildman–Crippen MR) is 127 cm³/mol. The maximum atomic E-state index is 13.8. The number of carbonyl (C=O) groups excluding carboxylic acids is 1. The third-order valence-corrected chi connectivity index (χ3v) is 6.38. The molecule has 166 valence electrons. The normalized spacial score (nSPS) is 13.2. The molecule has 0 bridgehead atoms. The van der Waals surface area contributed by atoms with Gasteiger partial charge in [0.1, 0.15) is 11.5 Å². The summed E-state index contributed by atoms with van der Waals surface area (Å²) in [4.78, 5) is 33.4. The second kappa shape index (κ2) is 8.54. The molecule has 0 fully saturated rings. The van der Waals surface area contributed by atoms with E-state index < -0.39 is 0 Å². The summed E-state index contributed by atoms with van der Waals surface area (Å²) in [6, 6.07) is 23.5. The van der Waals surface area contributed by atoms with Crippen LogP contribution in [0.15, 0.2) is 83.8 Å². The fourth-order valence-electron chi connectivity index (χ4n) is 4.71. The van der Waals surface area contributed by atoms with Gasteiger partial charge in [0.05, 0.1) is 18.3 Å². The first-order valence-corrected chi connectivity index (χ1v) is 11.2. The summed E-state index contributed by atoms with van der Waals surface area (Å²) in [6.07, 6.45) is 2.35. The Hall–Kier alpha value is -3.93. The van der Waals surface area contributed by atoms with Gasteiger partial charge in [-0.05, 0) is 36.6 Å². The first-order valence-electron chi connectivity index (χ1n) is 11.2. The summed E-state index contributed by atoms with van der Waals surface area (Å²) in [5, 5.41) is 0. The van der Waals surface area contributed by atoms with Gasteiger partial charge in [0.15, 0.2) is 0 Å². The summed E-state index contributed by atoms with van der Waals surface area (Å²) < 4.78 is 3.62. The summed E-state index contributed by atoms with van der Waals surface area (Å²) in [6.45, 7) is 2.72. The molecule has 0 radical (unpaired) electrons. The summed E-state index contributed by atoms with van der Waals surface area (Å²) >= 11 is 0. The monoisotopic (exact) mass is 438 g/mol. The number of fused-ring (bicyclic) bond motifs is 1. The summed E-state index contributed by atoms with van der Waals surface area (Å²) in [7, 11) is 1.86. The van der Waals surface area contributed by atoms with Crippen molar-refractivity contribution < 1.29 is 4.79 Å². The maximum Gasteiger partial charge on any atom is 0.270 e. The minimum Gasteiger partial charge on any atom is -0.347 e. The molecule has 0 aliphatic carbocycles. The molecule has 0 N–H and O–H groups in total. The molecule has 5 rings (SSSR count). The first-order chi connectivity index (χ1) is 16.0. The van der Waals surface area contributed by atoms with Crippen molar-refractivity contribution in [3.8, 4) is 0 Å². The Morgan fingerprint density at radius 3 is 2.15 bits per heavy atom. The Kier molecular flexibility index (Phi) is 5.42. The number of rotatable bonds is 4. The average molecular weight is 439 g/mol. The Labute approximate surface area is 192 Å². The van der Waals surface area contributed by atoms with Gasteiger partial charge in [-0.25, -0.2) is 4.98 Å². The molecule has 0 unspecified atom stereocenters. The van der Waals surface area contributed by atoms with Gasteiger partial charge < -0.3 is 9.47 Å². The molecule has 4 aromatic rings. The molecule has 0 spiro atoms. The molecule has 2 aromatic heterocycles. The lowest BCUT2D eigenvalue weighted by atomic mass is 9.97. The van der Waals surface area contributed by atoms with Crippen molar-refractivity contribution in [2.75, 3.05) is 6.54 Å². The third kappa shape index (κ3) is 3.78. The predicted octanol–water partition coefficient (Wildman–Crippen LogP) is 3.73. The van der Waals surface area contributed by atoms with E-state index in [1.54, 1.807) is 9.47 Å². The van der Waals surface area contributed by atoms with Crippen LogP contribution in [0.1, 0.15) is 44.7 Å². The van der Waals surface area contributed by atoms with Gasteiger partial charge in [-0.2, -0.15) is 0 Å². The fraction of sp³-hybridized carbons (Fsp3) is 0.222. The van der Waals surface area contributed by atoms with Crippen LogP contribution >= 0.6 is 0 Å². The SMILES string of the molecule is Cc1nc2c(c(=O)n1C(c1ccccc1)c1ccccc1)CCN(C(=O)c1cccn1C)C2. The van der Waals surface area contributed by atoms with Crippen molar-refractivity contribution in [3.05, 3.63) is 123 Å². The van der Waals surface area contributed by atoms with Crippen molar-refractivity contribution in [2.24, 2.45) is 7.05 Å². The van der Waals surface area contributed by atoms with Crippen molar-refractivity contribution >= 4 is 5.91 Å². The topological polar surface area (TPSA) is 60.1 Å². The quantitative estimate of drug-likeness (QED) is 0.488. The molecule has 0 saturated carbocycles. The Balaban J connectivity index is 1.57. The van der Waals surface area contributed by atoms with E-state index in [0.29, 0.717) is 42.3 Å². The third-order valence-electron chi connectivity index (χ3n) is 6.38. The lowest BCUT2D eigenvalue weighted by Crippen LogP contribution is -2.42. The molecule has 6 nitrogen and oxygen atoms in total. The molecule has 0 saturated heterocycles. The van der Waals surface area contributed by atoms with Crippen LogP contribution in [0.3, 0.4) is 0 Å². The van der Waals surface area contributed by atoms with E-state index >= 15 is 0 Å². The van der Waals surface area contributed by atoms with E-state index in [1.165, 1.54) is 0 Å². The van der Waals surface area contributed by atoms with Crippen LogP contribution in [0.25, 0.3) is 0 Å². The van der Waals surface area contributed by atoms with Crippen LogP contribution in [0, 0.1) is 6.92 Å². The van der Waals surface area contributed by atoms with Crippen LogP contribution in [0.4, 0.5) is 0 Å². The Bertz CT molecular complexity index is 1320. The summed E-state index contributed by atoms with van der Waals surface area (Å²) in [5.41, 5.74) is 4.08. The van der Waals surface area contributed by atoms with Gasteiger partial charge in [-0.1, -0.05) is 60.7 Å². The van der Waals surface area contributed by atoms with Crippen LogP contribution < -0.4 is 5.56 Å². The lowest BCUT2D eigenvalue weighted by Gasteiger charge is -2.30. The maximum absolute atomic E-state index is 13.8. The molecule has 1 aliphatic heterocycles. The molecule has 33 heavy (non-hydrogen) atoms. The number of benzene rings is 2. The van der Waals surface area contributed by atoms with Gasteiger partial charge in [0.2, 0.25) is 0 Å². The minimum atomic E-state index is -0.263. The van der Waals surface area contributed by atoms with E-state index in [0.717, 1.165) is 11.1 Å². The van der Waals surface area contributed by atoms with E-state index in [1.807, 2.05) is 97.5 Å². The van der Waals surface area contributed by atoms with Crippen molar-refractivity contribution in [1.82, 2.24) is 19.0 Å². The largest absolute Gasteiger partial charge is 0.347 e. The first kappa shape index (κ1) is 20.9. The van der Waals surface area contributed by atoms with Gasteiger partial charge in [-0.15, -0.1) is 0 Å². The van der Waals surface area contributed by atoms with Gasteiger partial charge in [0.25, 0.3) is 11.5 Å². The number of nitrogens with zero attached hydrogens (tertiary/aromatic N) is 4. The Morgan fingerprint density at radius 2 is 1.58 bits per heavy atom. The van der Waals surface area contributed by atoms with Crippen molar-refractivity contribution in [2.45, 2.75) is 25.9 Å². The number of hydrogen-bond acceptors (Lipinski definition) is 3. The van der Waals surface area contributed by atoms with Gasteiger partial charge in [-0.3, -0.25) is 14.2 Å². The second-order valence-corrected chi connectivity index (χ2v) is 8.46. The van der Waals surface area contributed by atoms with Crippen molar-refractivity contribution in [3.63, 3.8) is 0 Å². The average Bonchev–Trinajstić information content (AvgIpc) is 3.27. The van der Waals surface area contributed by atoms with Crippen molar-refractivity contribution in [1.29, 1.82) is 0 Å². The molecule has 0 atom stereocenters. The fourth-order valence-corrected chi connectivity index (χ4v) is 4.71. The summed E-state index contributed by atoms with van der Waals surface area (Å²) in [5.74, 6) is 0.604. The highest BCUT2D eigenvalue weighted by Gasteiger charge is 2.29. The molecule has 2 aromatic carbocycles. The number of amides is 1. The zero-order chi connectivity index (χ0) is 22.9. The smallest absolute Gasteiger partial charge is 0.270 e. The van der Waals surface area contributed by atoms with Crippen LogP contribution in [0.5, 0.6) is 0 Å². The zero-order valence-corrected chi connectivity index (χ0v) is 18.8. The minimum absolute atomic E-state index is 0.0267. The van der Waals surface area contributed by atoms with E-state index in [-0.39, 0.29) is 17.5 Å². The highest BCUT2D eigenvalue weighted by Crippen LogP contribution is 2.27. The molecular weight excluding hydrogens is 412 g/mol. The highest BCUT2D eigenvalue weighted by molar-refractivity contribution is 5.92. The van der Waals surface area contributed by atoms with E-state index in [4.69, 9.17) is 4.98 Å². The molecule has 3 heterocycles. The van der Waals surface area contributed by atoms with Crippen LogP contribution in [-0.2, 0) is 20.0 Å². The molecular formula is C27H26N4O2. The highest BCUT2D eigenvalue weighted by atomic mass is 16.2. The molecule has 1 aliphatic rings. The van der Waals surface area contributed by atoms with Gasteiger partial charge >= 0.3 is 0 Å². The standard InChI is InChI=1S/C27H26N4O2/c1-19-28-23-18-30(27(33)24-14-9-16-29(24)2)17-15-22(23)26(32)31(19)25(20-10-5-3-6-11-20)21-12-7-4-8-13-21/h3-14,16,25H,15,17-18H2,1-2H3. The van der Waals surface area contributed by atoms with Crippen LogP contribution in [-0.4, -0.2) is 31.5 Å². The number of carbonyl (C=O) groups is 1.